The zero-order valence-electron chi connectivity index (χ0n) is 15.3. The molecule has 0 unspecified atom stereocenters. The van der Waals surface area contributed by atoms with Gasteiger partial charge in [-0.3, -0.25) is 0 Å². The molecule has 3 heterocycles. The first kappa shape index (κ1) is 19.2. The molecule has 0 atom stereocenters. The molecular weight excluding hydrogens is 400 g/mol. The maximum atomic E-state index is 13.2. The maximum absolute atomic E-state index is 13.2. The van der Waals surface area contributed by atoms with Crippen molar-refractivity contribution < 1.29 is 8.42 Å². The van der Waals surface area contributed by atoms with E-state index in [-0.39, 0.29) is 22.8 Å². The second kappa shape index (κ2) is 7.69. The van der Waals surface area contributed by atoms with Crippen molar-refractivity contribution in [2.24, 2.45) is 0 Å². The van der Waals surface area contributed by atoms with E-state index in [2.05, 4.69) is 5.10 Å². The number of hydrogen-bond donors (Lipinski definition) is 0. The van der Waals surface area contributed by atoms with E-state index < -0.39 is 10.0 Å². The fourth-order valence-corrected chi connectivity index (χ4v) is 5.40. The van der Waals surface area contributed by atoms with Crippen molar-refractivity contribution in [2.75, 3.05) is 13.1 Å². The van der Waals surface area contributed by atoms with Crippen LogP contribution in [-0.2, 0) is 16.6 Å². The lowest BCUT2D eigenvalue weighted by atomic mass is 10.2. The van der Waals surface area contributed by atoms with Crippen LogP contribution in [0.3, 0.4) is 0 Å². The smallest absolute Gasteiger partial charge is 0.249 e. The van der Waals surface area contributed by atoms with Crippen LogP contribution >= 0.6 is 11.6 Å². The van der Waals surface area contributed by atoms with Gasteiger partial charge in [-0.05, 0) is 42.7 Å². The van der Waals surface area contributed by atoms with Gasteiger partial charge in [-0.1, -0.05) is 36.6 Å². The van der Waals surface area contributed by atoms with Crippen LogP contribution in [0, 0.1) is 0 Å². The van der Waals surface area contributed by atoms with E-state index in [1.54, 1.807) is 30.5 Å². The van der Waals surface area contributed by atoms with Crippen LogP contribution in [0.25, 0.3) is 5.65 Å². The minimum Gasteiger partial charge on any atom is -0.249 e. The van der Waals surface area contributed by atoms with Crippen LogP contribution in [0.5, 0.6) is 0 Å². The molecular formula is C19H21ClN4O3S. The quantitative estimate of drug-likeness (QED) is 0.650. The third-order valence-corrected chi connectivity index (χ3v) is 7.13. The van der Waals surface area contributed by atoms with Crippen molar-refractivity contribution in [1.29, 1.82) is 0 Å². The molecule has 0 bridgehead atoms. The fourth-order valence-electron chi connectivity index (χ4n) is 3.55. The third kappa shape index (κ3) is 3.59. The van der Waals surface area contributed by atoms with Crippen molar-refractivity contribution >= 4 is 27.3 Å². The molecule has 0 saturated carbocycles. The van der Waals surface area contributed by atoms with Gasteiger partial charge >= 0.3 is 5.69 Å². The first-order chi connectivity index (χ1) is 13.5. The Morgan fingerprint density at radius 3 is 2.50 bits per heavy atom. The molecule has 28 heavy (non-hydrogen) atoms. The van der Waals surface area contributed by atoms with Gasteiger partial charge in [0, 0.05) is 24.3 Å². The Morgan fingerprint density at radius 2 is 1.79 bits per heavy atom. The predicted molar refractivity (Wildman–Crippen MR) is 107 cm³/mol. The summed E-state index contributed by atoms with van der Waals surface area (Å²) in [6, 6.07) is 10.2. The first-order valence-corrected chi connectivity index (χ1v) is 11.1. The Kier molecular flexibility index (Phi) is 5.27. The molecule has 3 aromatic rings. The third-order valence-electron chi connectivity index (χ3n) is 4.98. The average molecular weight is 421 g/mol. The number of halogens is 1. The van der Waals surface area contributed by atoms with Crippen LogP contribution in [0.1, 0.15) is 31.2 Å². The summed E-state index contributed by atoms with van der Waals surface area (Å²) in [5, 5.41) is 4.91. The minimum absolute atomic E-state index is 0.0684. The Morgan fingerprint density at radius 1 is 1.04 bits per heavy atom. The van der Waals surface area contributed by atoms with E-state index in [4.69, 9.17) is 11.6 Å². The second-order valence-corrected chi connectivity index (χ2v) is 9.30. The standard InChI is InChI=1S/C19H21ClN4O3S/c20-16-8-5-7-15(13-16)14-24-19(25)23-12-6-9-17(18(23)21-24)28(26,27)22-10-3-1-2-4-11-22/h5-9,12-13H,1-4,10-11,14H2. The number of nitrogens with zero attached hydrogens (tertiary/aromatic N) is 4. The van der Waals surface area contributed by atoms with Crippen molar-refractivity contribution in [3.8, 4) is 0 Å². The molecule has 1 aliphatic rings. The molecule has 7 nitrogen and oxygen atoms in total. The van der Waals surface area contributed by atoms with Crippen LogP contribution < -0.4 is 5.69 Å². The Balaban J connectivity index is 1.77. The molecule has 9 heteroatoms. The number of sulfonamides is 1. The topological polar surface area (TPSA) is 76.7 Å². The molecule has 0 N–H and O–H groups in total. The number of aromatic nitrogens is 3. The number of rotatable bonds is 4. The highest BCUT2D eigenvalue weighted by Gasteiger charge is 2.28. The van der Waals surface area contributed by atoms with E-state index in [0.29, 0.717) is 18.1 Å². The zero-order valence-corrected chi connectivity index (χ0v) is 16.9. The molecule has 1 aliphatic heterocycles. The molecule has 0 amide bonds. The molecule has 0 radical (unpaired) electrons. The summed E-state index contributed by atoms with van der Waals surface area (Å²) in [6.07, 6.45) is 5.30. The number of hydrogen-bond acceptors (Lipinski definition) is 4. The maximum Gasteiger partial charge on any atom is 0.350 e. The highest BCUT2D eigenvalue weighted by Crippen LogP contribution is 2.22. The zero-order chi connectivity index (χ0) is 19.7. The average Bonchev–Trinajstić information content (AvgIpc) is 2.86. The van der Waals surface area contributed by atoms with Crippen LogP contribution in [0.4, 0.5) is 0 Å². The minimum atomic E-state index is -3.72. The number of benzene rings is 1. The van der Waals surface area contributed by atoms with Crippen LogP contribution in [0.15, 0.2) is 52.3 Å². The molecule has 4 rings (SSSR count). The van der Waals surface area contributed by atoms with Crippen molar-refractivity contribution in [3.63, 3.8) is 0 Å². The van der Waals surface area contributed by atoms with Gasteiger partial charge in [0.2, 0.25) is 10.0 Å². The van der Waals surface area contributed by atoms with Crippen molar-refractivity contribution in [1.82, 2.24) is 18.5 Å². The van der Waals surface area contributed by atoms with E-state index >= 15 is 0 Å². The largest absolute Gasteiger partial charge is 0.350 e. The van der Waals surface area contributed by atoms with Crippen LogP contribution in [0.2, 0.25) is 5.02 Å². The lowest BCUT2D eigenvalue weighted by Gasteiger charge is -2.19. The molecule has 1 saturated heterocycles. The lowest BCUT2D eigenvalue weighted by molar-refractivity contribution is 0.424. The van der Waals surface area contributed by atoms with E-state index in [0.717, 1.165) is 31.2 Å². The Labute approximate surface area is 168 Å². The van der Waals surface area contributed by atoms with Gasteiger partial charge < -0.3 is 0 Å². The number of fused-ring (bicyclic) bond motifs is 1. The van der Waals surface area contributed by atoms with Gasteiger partial charge in [0.15, 0.2) is 5.65 Å². The van der Waals surface area contributed by atoms with Gasteiger partial charge in [0.05, 0.1) is 6.54 Å². The summed E-state index contributed by atoms with van der Waals surface area (Å²) in [5.41, 5.74) is 0.580. The molecule has 0 spiro atoms. The molecule has 148 valence electrons. The molecule has 0 aliphatic carbocycles. The normalized spacial score (nSPS) is 16.3. The molecule has 1 fully saturated rings. The first-order valence-electron chi connectivity index (χ1n) is 9.29. The molecule has 1 aromatic carbocycles. The Hall–Kier alpha value is -2.16. The SMILES string of the molecule is O=c1n(Cc2cccc(Cl)c2)nc2c(S(=O)(=O)N3CCCCCC3)cccn12. The summed E-state index contributed by atoms with van der Waals surface area (Å²) in [4.78, 5) is 12.8. The van der Waals surface area contributed by atoms with Gasteiger partial charge in [-0.15, -0.1) is 5.10 Å². The number of pyridine rings is 1. The summed E-state index contributed by atoms with van der Waals surface area (Å²) in [5.74, 6) is 0. The molecule has 2 aromatic heterocycles. The Bertz CT molecular complexity index is 1160. The second-order valence-electron chi connectivity index (χ2n) is 6.95. The monoisotopic (exact) mass is 420 g/mol. The van der Waals surface area contributed by atoms with Gasteiger partial charge in [-0.25, -0.2) is 22.3 Å². The summed E-state index contributed by atoms with van der Waals surface area (Å²) < 4.78 is 30.5. The van der Waals surface area contributed by atoms with Gasteiger partial charge in [-0.2, -0.15) is 4.31 Å². The van der Waals surface area contributed by atoms with Gasteiger partial charge in [0.25, 0.3) is 0 Å². The van der Waals surface area contributed by atoms with Gasteiger partial charge in [0.1, 0.15) is 4.90 Å². The van der Waals surface area contributed by atoms with Crippen molar-refractivity contribution in [2.45, 2.75) is 37.1 Å². The summed E-state index contributed by atoms with van der Waals surface area (Å²) in [6.45, 7) is 1.21. The van der Waals surface area contributed by atoms with E-state index in [9.17, 15) is 13.2 Å². The van der Waals surface area contributed by atoms with Crippen LogP contribution in [-0.4, -0.2) is 40.0 Å². The highest BCUT2D eigenvalue weighted by molar-refractivity contribution is 7.89. The summed E-state index contributed by atoms with van der Waals surface area (Å²) in [7, 11) is -3.72. The summed E-state index contributed by atoms with van der Waals surface area (Å²) >= 11 is 6.02. The fraction of sp³-hybridized carbons (Fsp3) is 0.368. The predicted octanol–water partition coefficient (Wildman–Crippen LogP) is 2.76. The van der Waals surface area contributed by atoms with E-state index in [1.807, 2.05) is 6.07 Å². The highest BCUT2D eigenvalue weighted by atomic mass is 35.5. The van der Waals surface area contributed by atoms with Crippen molar-refractivity contribution in [3.05, 3.63) is 63.7 Å². The lowest BCUT2D eigenvalue weighted by Crippen LogP contribution is -2.32. The van der Waals surface area contributed by atoms with E-state index in [1.165, 1.54) is 19.5 Å².